The summed E-state index contributed by atoms with van der Waals surface area (Å²) < 4.78 is 5.53. The second kappa shape index (κ2) is 5.72. The van der Waals surface area contributed by atoms with Crippen LogP contribution >= 0.6 is 0 Å². The van der Waals surface area contributed by atoms with Crippen LogP contribution in [0.2, 0.25) is 0 Å². The van der Waals surface area contributed by atoms with Crippen molar-refractivity contribution in [1.29, 1.82) is 0 Å². The summed E-state index contributed by atoms with van der Waals surface area (Å²) in [6, 6.07) is 7.35. The topological polar surface area (TPSA) is 33.3 Å². The molecule has 2 aliphatic rings. The van der Waals surface area contributed by atoms with E-state index in [1.54, 1.807) is 0 Å². The average Bonchev–Trinajstić information content (AvgIpc) is 2.87. The van der Waals surface area contributed by atoms with Gasteiger partial charge in [-0.1, -0.05) is 12.1 Å². The van der Waals surface area contributed by atoms with Gasteiger partial charge >= 0.3 is 0 Å². The van der Waals surface area contributed by atoms with Gasteiger partial charge in [0.2, 0.25) is 0 Å². The van der Waals surface area contributed by atoms with Crippen molar-refractivity contribution in [3.05, 3.63) is 29.3 Å². The van der Waals surface area contributed by atoms with E-state index in [0.29, 0.717) is 6.04 Å². The summed E-state index contributed by atoms with van der Waals surface area (Å²) in [5.41, 5.74) is 2.81. The molecule has 0 saturated carbocycles. The predicted octanol–water partition coefficient (Wildman–Crippen LogP) is 1.51. The maximum Gasteiger partial charge on any atom is 0.122 e. The van der Waals surface area contributed by atoms with Gasteiger partial charge in [-0.2, -0.15) is 0 Å². The van der Waals surface area contributed by atoms with Gasteiger partial charge in [-0.25, -0.2) is 0 Å². The molecular formula is C15H22N2O. The van der Waals surface area contributed by atoms with Crippen molar-refractivity contribution < 1.29 is 4.74 Å². The van der Waals surface area contributed by atoms with Crippen LogP contribution in [0.5, 0.6) is 5.75 Å². The fraction of sp³-hybridized carbons (Fsp3) is 0.600. The van der Waals surface area contributed by atoms with Gasteiger partial charge in [0.15, 0.2) is 0 Å². The Morgan fingerprint density at radius 3 is 3.06 bits per heavy atom. The van der Waals surface area contributed by atoms with E-state index in [4.69, 9.17) is 4.74 Å². The molecule has 3 rings (SSSR count). The van der Waals surface area contributed by atoms with Gasteiger partial charge in [0.05, 0.1) is 6.61 Å². The van der Waals surface area contributed by atoms with Crippen molar-refractivity contribution in [3.63, 3.8) is 0 Å². The molecule has 1 aromatic carbocycles. The van der Waals surface area contributed by atoms with Crippen LogP contribution in [0.15, 0.2) is 18.2 Å². The van der Waals surface area contributed by atoms with Crippen molar-refractivity contribution in [2.75, 3.05) is 26.2 Å². The fourth-order valence-electron chi connectivity index (χ4n) is 2.84. The van der Waals surface area contributed by atoms with Crippen LogP contribution in [-0.4, -0.2) is 32.3 Å². The maximum atomic E-state index is 5.53. The highest BCUT2D eigenvalue weighted by Gasteiger charge is 2.13. The molecule has 18 heavy (non-hydrogen) atoms. The smallest absolute Gasteiger partial charge is 0.122 e. The molecule has 0 bridgehead atoms. The summed E-state index contributed by atoms with van der Waals surface area (Å²) >= 11 is 0. The van der Waals surface area contributed by atoms with E-state index in [-0.39, 0.29) is 0 Å². The summed E-state index contributed by atoms with van der Waals surface area (Å²) in [4.78, 5) is 0. The predicted molar refractivity (Wildman–Crippen MR) is 73.2 cm³/mol. The van der Waals surface area contributed by atoms with Crippen LogP contribution in [0.3, 0.4) is 0 Å². The molecule has 1 aromatic rings. The lowest BCUT2D eigenvalue weighted by Gasteiger charge is -2.23. The van der Waals surface area contributed by atoms with Crippen LogP contribution in [0.1, 0.15) is 24.0 Å². The SMILES string of the molecule is c1cc2c(cc1CCNC1CCNCC1)CCO2. The summed E-state index contributed by atoms with van der Waals surface area (Å²) in [5, 5.41) is 7.06. The van der Waals surface area contributed by atoms with Gasteiger partial charge in [0.25, 0.3) is 0 Å². The molecule has 0 aromatic heterocycles. The minimum absolute atomic E-state index is 0.712. The van der Waals surface area contributed by atoms with Gasteiger partial charge in [-0.05, 0) is 56.1 Å². The molecule has 98 valence electrons. The zero-order valence-electron chi connectivity index (χ0n) is 10.9. The zero-order chi connectivity index (χ0) is 12.2. The van der Waals surface area contributed by atoms with Crippen LogP contribution in [0.25, 0.3) is 0 Å². The molecule has 2 aliphatic heterocycles. The van der Waals surface area contributed by atoms with Crippen molar-refractivity contribution in [2.24, 2.45) is 0 Å². The van der Waals surface area contributed by atoms with Crippen LogP contribution in [-0.2, 0) is 12.8 Å². The largest absolute Gasteiger partial charge is 0.493 e. The lowest BCUT2D eigenvalue weighted by atomic mass is 10.0. The number of fused-ring (bicyclic) bond motifs is 1. The van der Waals surface area contributed by atoms with Crippen molar-refractivity contribution in [3.8, 4) is 5.75 Å². The first-order valence-electron chi connectivity index (χ1n) is 7.10. The first-order chi connectivity index (χ1) is 8.92. The first kappa shape index (κ1) is 12.0. The average molecular weight is 246 g/mol. The third kappa shape index (κ3) is 2.85. The van der Waals surface area contributed by atoms with Crippen molar-refractivity contribution in [1.82, 2.24) is 10.6 Å². The molecular weight excluding hydrogens is 224 g/mol. The molecule has 0 atom stereocenters. The molecule has 0 unspecified atom stereocenters. The Balaban J connectivity index is 1.48. The Labute approximate surface area is 109 Å². The summed E-state index contributed by atoms with van der Waals surface area (Å²) in [7, 11) is 0. The van der Waals surface area contributed by atoms with Crippen molar-refractivity contribution >= 4 is 0 Å². The highest BCUT2D eigenvalue weighted by molar-refractivity contribution is 5.39. The minimum atomic E-state index is 0.712. The highest BCUT2D eigenvalue weighted by atomic mass is 16.5. The first-order valence-corrected chi connectivity index (χ1v) is 7.10. The van der Waals surface area contributed by atoms with E-state index in [0.717, 1.165) is 44.8 Å². The van der Waals surface area contributed by atoms with Gasteiger partial charge in [-0.15, -0.1) is 0 Å². The molecule has 1 fully saturated rings. The van der Waals surface area contributed by atoms with E-state index < -0.39 is 0 Å². The Bertz CT molecular complexity index is 399. The molecule has 2 N–H and O–H groups in total. The van der Waals surface area contributed by atoms with Crippen LogP contribution in [0.4, 0.5) is 0 Å². The lowest BCUT2D eigenvalue weighted by molar-refractivity contribution is 0.357. The van der Waals surface area contributed by atoms with Crippen LogP contribution < -0.4 is 15.4 Å². The van der Waals surface area contributed by atoms with Gasteiger partial charge < -0.3 is 15.4 Å². The van der Waals surface area contributed by atoms with E-state index >= 15 is 0 Å². The van der Waals surface area contributed by atoms with Gasteiger partial charge in [-0.3, -0.25) is 0 Å². The van der Waals surface area contributed by atoms with Crippen molar-refractivity contribution in [2.45, 2.75) is 31.7 Å². The maximum absolute atomic E-state index is 5.53. The summed E-state index contributed by atoms with van der Waals surface area (Å²) in [5.74, 6) is 1.09. The highest BCUT2D eigenvalue weighted by Crippen LogP contribution is 2.25. The number of hydrogen-bond donors (Lipinski definition) is 2. The molecule has 3 heteroatoms. The second-order valence-electron chi connectivity index (χ2n) is 5.27. The number of piperidine rings is 1. The van der Waals surface area contributed by atoms with E-state index in [1.165, 1.54) is 24.0 Å². The van der Waals surface area contributed by atoms with Crippen LogP contribution in [0, 0.1) is 0 Å². The third-order valence-corrected chi connectivity index (χ3v) is 3.94. The van der Waals surface area contributed by atoms with E-state index in [2.05, 4.69) is 28.8 Å². The molecule has 0 amide bonds. The minimum Gasteiger partial charge on any atom is -0.493 e. The molecule has 0 spiro atoms. The Hall–Kier alpha value is -1.06. The molecule has 0 aliphatic carbocycles. The Kier molecular flexibility index (Phi) is 3.81. The summed E-state index contributed by atoms with van der Waals surface area (Å²) in [6.45, 7) is 4.26. The quantitative estimate of drug-likeness (QED) is 0.845. The zero-order valence-corrected chi connectivity index (χ0v) is 10.9. The van der Waals surface area contributed by atoms with E-state index in [9.17, 15) is 0 Å². The van der Waals surface area contributed by atoms with Gasteiger partial charge in [0.1, 0.15) is 5.75 Å². The monoisotopic (exact) mass is 246 g/mol. The Morgan fingerprint density at radius 2 is 2.17 bits per heavy atom. The molecule has 1 saturated heterocycles. The third-order valence-electron chi connectivity index (χ3n) is 3.94. The number of rotatable bonds is 4. The van der Waals surface area contributed by atoms with E-state index in [1.807, 2.05) is 0 Å². The number of hydrogen-bond acceptors (Lipinski definition) is 3. The Morgan fingerprint density at radius 1 is 1.28 bits per heavy atom. The molecule has 3 nitrogen and oxygen atoms in total. The fourth-order valence-corrected chi connectivity index (χ4v) is 2.84. The lowest BCUT2D eigenvalue weighted by Crippen LogP contribution is -2.40. The summed E-state index contributed by atoms with van der Waals surface area (Å²) in [6.07, 6.45) is 4.72. The van der Waals surface area contributed by atoms with Gasteiger partial charge in [0, 0.05) is 12.5 Å². The molecule has 0 radical (unpaired) electrons. The molecule has 2 heterocycles. The standard InChI is InChI=1S/C15H22N2O/c1-2-15-13(6-10-18-15)11-12(1)3-9-17-14-4-7-16-8-5-14/h1-2,11,14,16-17H,3-10H2. The second-order valence-corrected chi connectivity index (χ2v) is 5.27. The normalized spacial score (nSPS) is 19.6. The number of benzene rings is 1. The number of ether oxygens (including phenoxy) is 1. The number of nitrogens with one attached hydrogen (secondary N) is 2.